The van der Waals surface area contributed by atoms with Crippen molar-refractivity contribution in [3.05, 3.63) is 59.9 Å². The van der Waals surface area contributed by atoms with Gasteiger partial charge in [-0.1, -0.05) is 18.6 Å². The zero-order valence-corrected chi connectivity index (χ0v) is 18.2. The largest absolute Gasteiger partial charge is 0.332 e. The van der Waals surface area contributed by atoms with Crippen molar-refractivity contribution in [3.8, 4) is 0 Å². The van der Waals surface area contributed by atoms with Gasteiger partial charge in [0.15, 0.2) is 0 Å². The zero-order chi connectivity index (χ0) is 22.5. The summed E-state index contributed by atoms with van der Waals surface area (Å²) >= 11 is 1.87. The first-order valence-corrected chi connectivity index (χ1v) is 11.7. The third-order valence-electron chi connectivity index (χ3n) is 5.57. The van der Waals surface area contributed by atoms with Crippen LogP contribution in [-0.2, 0) is 4.79 Å². The number of halogens is 1. The Labute approximate surface area is 189 Å². The molecule has 2 saturated heterocycles. The van der Waals surface area contributed by atoms with E-state index in [9.17, 15) is 18.8 Å². The van der Waals surface area contributed by atoms with Crippen LogP contribution in [0.2, 0.25) is 0 Å². The van der Waals surface area contributed by atoms with Crippen LogP contribution in [0.15, 0.2) is 48.5 Å². The second-order valence-corrected chi connectivity index (χ2v) is 9.23. The molecule has 2 fully saturated rings. The molecule has 0 spiro atoms. The van der Waals surface area contributed by atoms with Crippen molar-refractivity contribution >= 4 is 41.0 Å². The van der Waals surface area contributed by atoms with Gasteiger partial charge in [-0.2, -0.15) is 11.8 Å². The van der Waals surface area contributed by atoms with Crippen molar-refractivity contribution in [1.29, 1.82) is 0 Å². The Hall–Kier alpha value is -3.07. The molecule has 3 atom stereocenters. The van der Waals surface area contributed by atoms with Gasteiger partial charge in [0, 0.05) is 34.4 Å². The summed E-state index contributed by atoms with van der Waals surface area (Å²) in [6, 6.07) is 12.6. The highest BCUT2D eigenvalue weighted by atomic mass is 32.2. The second kappa shape index (κ2) is 10.0. The number of hydrogen-bond donors (Lipinski definition) is 4. The average Bonchev–Trinajstić information content (AvgIpc) is 3.31. The molecule has 32 heavy (non-hydrogen) atoms. The average molecular weight is 457 g/mol. The topological polar surface area (TPSA) is 99.3 Å². The summed E-state index contributed by atoms with van der Waals surface area (Å²) in [5.74, 6) is 0.00498. The molecule has 2 aliphatic rings. The Morgan fingerprint density at radius 2 is 1.81 bits per heavy atom. The van der Waals surface area contributed by atoms with Crippen LogP contribution in [0.3, 0.4) is 0 Å². The number of nitrogens with one attached hydrogen (secondary N) is 4. The maximum absolute atomic E-state index is 13.3. The van der Waals surface area contributed by atoms with E-state index in [0.717, 1.165) is 25.0 Å². The maximum atomic E-state index is 13.3. The lowest BCUT2D eigenvalue weighted by Gasteiger charge is -2.16. The normalized spacial score (nSPS) is 21.4. The highest BCUT2D eigenvalue weighted by Crippen LogP contribution is 2.33. The van der Waals surface area contributed by atoms with E-state index in [1.807, 2.05) is 11.8 Å². The van der Waals surface area contributed by atoms with E-state index >= 15 is 0 Å². The van der Waals surface area contributed by atoms with E-state index in [-0.39, 0.29) is 29.9 Å². The number of benzene rings is 2. The molecule has 4 rings (SSSR count). The van der Waals surface area contributed by atoms with E-state index < -0.39 is 5.82 Å². The molecule has 0 radical (unpaired) electrons. The number of amides is 4. The van der Waals surface area contributed by atoms with E-state index in [4.69, 9.17) is 0 Å². The summed E-state index contributed by atoms with van der Waals surface area (Å²) in [7, 11) is 0. The molecule has 9 heteroatoms. The smallest absolute Gasteiger partial charge is 0.315 e. The zero-order valence-electron chi connectivity index (χ0n) is 17.4. The van der Waals surface area contributed by atoms with Gasteiger partial charge in [0.1, 0.15) is 5.82 Å². The number of unbranched alkanes of at least 4 members (excludes halogenated alkanes) is 1. The molecule has 2 aromatic rings. The molecule has 0 unspecified atom stereocenters. The number of carbonyl (C=O) groups is 3. The molecular weight excluding hydrogens is 431 g/mol. The first-order chi connectivity index (χ1) is 15.5. The number of anilines is 2. The first kappa shape index (κ1) is 22.1. The van der Waals surface area contributed by atoms with Crippen LogP contribution in [0.25, 0.3) is 0 Å². The molecule has 0 aromatic heterocycles. The molecule has 0 saturated carbocycles. The Kier molecular flexibility index (Phi) is 6.94. The van der Waals surface area contributed by atoms with E-state index in [1.165, 1.54) is 18.2 Å². The molecule has 2 aliphatic heterocycles. The predicted octanol–water partition coefficient (Wildman–Crippen LogP) is 3.74. The molecule has 7 nitrogen and oxygen atoms in total. The number of thioether (sulfide) groups is 1. The third-order valence-corrected chi connectivity index (χ3v) is 7.08. The van der Waals surface area contributed by atoms with Crippen LogP contribution in [0, 0.1) is 5.82 Å². The molecule has 168 valence electrons. The van der Waals surface area contributed by atoms with Crippen molar-refractivity contribution in [3.63, 3.8) is 0 Å². The van der Waals surface area contributed by atoms with Crippen LogP contribution >= 0.6 is 11.8 Å². The minimum absolute atomic E-state index is 0.0866. The van der Waals surface area contributed by atoms with Gasteiger partial charge in [0.25, 0.3) is 5.91 Å². The van der Waals surface area contributed by atoms with Crippen LogP contribution in [0.1, 0.15) is 36.0 Å². The number of fused-ring (bicyclic) bond motifs is 1. The number of rotatable bonds is 8. The van der Waals surface area contributed by atoms with Gasteiger partial charge in [-0.25, -0.2) is 9.18 Å². The van der Waals surface area contributed by atoms with Crippen molar-refractivity contribution in [1.82, 2.24) is 10.6 Å². The van der Waals surface area contributed by atoms with Crippen LogP contribution in [0.5, 0.6) is 0 Å². The number of urea groups is 1. The van der Waals surface area contributed by atoms with Crippen molar-refractivity contribution in [2.45, 2.75) is 43.0 Å². The second-order valence-electron chi connectivity index (χ2n) is 7.96. The molecule has 0 bridgehead atoms. The minimum Gasteiger partial charge on any atom is -0.332 e. The Morgan fingerprint density at radius 3 is 2.62 bits per heavy atom. The summed E-state index contributed by atoms with van der Waals surface area (Å²) in [4.78, 5) is 36.2. The highest BCUT2D eigenvalue weighted by molar-refractivity contribution is 8.00. The molecular formula is C23H25FN4O3S. The van der Waals surface area contributed by atoms with E-state index in [0.29, 0.717) is 28.6 Å². The summed E-state index contributed by atoms with van der Waals surface area (Å²) in [6.07, 6.45) is 2.99. The van der Waals surface area contributed by atoms with Gasteiger partial charge in [-0.15, -0.1) is 0 Å². The lowest BCUT2D eigenvalue weighted by molar-refractivity contribution is -0.116. The fourth-order valence-electron chi connectivity index (χ4n) is 4.01. The van der Waals surface area contributed by atoms with E-state index in [1.54, 1.807) is 30.3 Å². The number of carbonyl (C=O) groups excluding carboxylic acids is 3. The molecule has 2 aromatic carbocycles. The van der Waals surface area contributed by atoms with Gasteiger partial charge in [0.2, 0.25) is 5.91 Å². The van der Waals surface area contributed by atoms with E-state index in [2.05, 4.69) is 21.3 Å². The van der Waals surface area contributed by atoms with Gasteiger partial charge in [0.05, 0.1) is 12.1 Å². The van der Waals surface area contributed by atoms with Crippen LogP contribution in [-0.4, -0.2) is 40.9 Å². The van der Waals surface area contributed by atoms with Gasteiger partial charge < -0.3 is 21.3 Å². The predicted molar refractivity (Wildman–Crippen MR) is 123 cm³/mol. The van der Waals surface area contributed by atoms with Gasteiger partial charge >= 0.3 is 6.03 Å². The van der Waals surface area contributed by atoms with Gasteiger partial charge in [-0.3, -0.25) is 9.59 Å². The summed E-state index contributed by atoms with van der Waals surface area (Å²) in [5.41, 5.74) is 1.27. The van der Waals surface area contributed by atoms with Gasteiger partial charge in [-0.05, 0) is 49.2 Å². The third kappa shape index (κ3) is 5.59. The Morgan fingerprint density at radius 1 is 1.03 bits per heavy atom. The fraction of sp³-hybridized carbons (Fsp3) is 0.348. The van der Waals surface area contributed by atoms with Crippen LogP contribution < -0.4 is 21.3 Å². The van der Waals surface area contributed by atoms with Crippen molar-refractivity contribution < 1.29 is 18.8 Å². The SMILES string of the molecule is O=C(CCCC[C@@H]1SC[C@@H]2NC(=O)N[C@@H]21)Nc1cccc(C(=O)Nc2cccc(F)c2)c1. The quantitative estimate of drug-likeness (QED) is 0.359. The molecule has 4 amide bonds. The standard InChI is InChI=1S/C23H25FN4O3S/c24-15-6-4-8-17(12-15)26-22(30)14-5-3-7-16(11-14)25-20(29)10-2-1-9-19-21-18(13-32-19)27-23(31)28-21/h3-8,11-12,18-19,21H,1-2,9-10,13H2,(H,25,29)(H,26,30)(H2,27,28,31)/t18-,19-,21-/m0/s1. The lowest BCUT2D eigenvalue weighted by atomic mass is 10.0. The summed E-state index contributed by atoms with van der Waals surface area (Å²) in [6.45, 7) is 0. The minimum atomic E-state index is -0.431. The Bertz CT molecular complexity index is 1020. The van der Waals surface area contributed by atoms with Crippen molar-refractivity contribution in [2.24, 2.45) is 0 Å². The first-order valence-electron chi connectivity index (χ1n) is 10.6. The lowest BCUT2D eigenvalue weighted by Crippen LogP contribution is -2.36. The molecule has 0 aliphatic carbocycles. The summed E-state index contributed by atoms with van der Waals surface area (Å²) < 4.78 is 13.3. The van der Waals surface area contributed by atoms with Crippen molar-refractivity contribution in [2.75, 3.05) is 16.4 Å². The summed E-state index contributed by atoms with van der Waals surface area (Å²) in [5, 5.41) is 11.8. The fourth-order valence-corrected chi connectivity index (χ4v) is 5.55. The molecule has 2 heterocycles. The maximum Gasteiger partial charge on any atom is 0.315 e. The van der Waals surface area contributed by atoms with Crippen LogP contribution in [0.4, 0.5) is 20.6 Å². The monoisotopic (exact) mass is 456 g/mol. The molecule has 4 N–H and O–H groups in total. The highest BCUT2D eigenvalue weighted by Gasteiger charge is 2.42. The Balaban J connectivity index is 1.21. The number of hydrogen-bond acceptors (Lipinski definition) is 4.